The first-order valence-corrected chi connectivity index (χ1v) is 9.77. The predicted molar refractivity (Wildman–Crippen MR) is 107 cm³/mol. The Kier molecular flexibility index (Phi) is 6.36. The van der Waals surface area contributed by atoms with Gasteiger partial charge in [0.05, 0.1) is 0 Å². The minimum atomic E-state index is -0.181. The van der Waals surface area contributed by atoms with Gasteiger partial charge in [-0.25, -0.2) is 4.79 Å². The monoisotopic (exact) mass is 427 g/mol. The lowest BCUT2D eigenvalue weighted by Gasteiger charge is -2.42. The van der Waals surface area contributed by atoms with Crippen LogP contribution in [0, 0.1) is 11.3 Å². The Morgan fingerprint density at radius 3 is 2.70 bits per heavy atom. The average Bonchev–Trinajstić information content (AvgIpc) is 2.64. The lowest BCUT2D eigenvalue weighted by Crippen LogP contribution is -2.48. The summed E-state index contributed by atoms with van der Waals surface area (Å²) in [6.07, 6.45) is 3.36. The highest BCUT2D eigenvalue weighted by Crippen LogP contribution is 2.43. The molecule has 27 heavy (non-hydrogen) atoms. The Hall–Kier alpha value is -2.52. The molecule has 0 aliphatic heterocycles. The molecule has 1 fully saturated rings. The first-order chi connectivity index (χ1) is 13.1. The molecule has 0 radical (unpaired) electrons. The van der Waals surface area contributed by atoms with Crippen molar-refractivity contribution >= 4 is 22.0 Å². The fraction of sp³-hybridized carbons (Fsp3) is 0.333. The zero-order valence-electron chi connectivity index (χ0n) is 15.0. The van der Waals surface area contributed by atoms with E-state index in [2.05, 4.69) is 38.7 Å². The maximum atomic E-state index is 12.3. The van der Waals surface area contributed by atoms with Gasteiger partial charge in [-0.3, -0.25) is 0 Å². The van der Waals surface area contributed by atoms with E-state index in [0.717, 1.165) is 22.9 Å². The van der Waals surface area contributed by atoms with Gasteiger partial charge in [0.25, 0.3) is 0 Å². The van der Waals surface area contributed by atoms with Gasteiger partial charge in [0.1, 0.15) is 11.8 Å². The predicted octanol–water partition coefficient (Wildman–Crippen LogP) is 4.27. The molecule has 6 heteroatoms. The molecule has 1 saturated carbocycles. The van der Waals surface area contributed by atoms with Crippen molar-refractivity contribution in [2.45, 2.75) is 31.2 Å². The molecule has 140 valence electrons. The Morgan fingerprint density at radius 1 is 1.19 bits per heavy atom. The summed E-state index contributed by atoms with van der Waals surface area (Å²) >= 11 is 3.53. The maximum Gasteiger partial charge on any atom is 0.315 e. The number of urea groups is 1. The third-order valence-corrected chi connectivity index (χ3v) is 5.48. The number of halogens is 1. The number of nitrogens with zero attached hydrogens (tertiary/aromatic N) is 1. The maximum absolute atomic E-state index is 12.3. The number of hydrogen-bond donors (Lipinski definition) is 2. The second-order valence-corrected chi connectivity index (χ2v) is 7.69. The number of nitriles is 1. The summed E-state index contributed by atoms with van der Waals surface area (Å²) in [6, 6.07) is 17.5. The standard InChI is InChI=1S/C21H22BrN3O2/c22-18-6-2-5-17(13-18)21(8-3-9-21)15-25-20(26)24-14-16-4-1-7-19(12-16)27-11-10-23/h1-2,4-7,12-13H,3,8-9,11,14-15H2,(H2,24,25,26). The van der Waals surface area contributed by atoms with Crippen LogP contribution in [0.15, 0.2) is 53.0 Å². The molecule has 1 aliphatic carbocycles. The molecule has 2 amide bonds. The number of ether oxygens (including phenoxy) is 1. The highest BCUT2D eigenvalue weighted by Gasteiger charge is 2.38. The van der Waals surface area contributed by atoms with Crippen molar-refractivity contribution in [1.29, 1.82) is 5.26 Å². The van der Waals surface area contributed by atoms with Gasteiger partial charge in [0, 0.05) is 23.0 Å². The number of amides is 2. The summed E-state index contributed by atoms with van der Waals surface area (Å²) in [4.78, 5) is 12.3. The van der Waals surface area contributed by atoms with Gasteiger partial charge in [-0.15, -0.1) is 0 Å². The van der Waals surface area contributed by atoms with Crippen LogP contribution in [0.1, 0.15) is 30.4 Å². The zero-order chi connectivity index (χ0) is 19.1. The summed E-state index contributed by atoms with van der Waals surface area (Å²) in [5.41, 5.74) is 2.23. The first-order valence-electron chi connectivity index (χ1n) is 8.98. The SMILES string of the molecule is N#CCOc1cccc(CNC(=O)NCC2(c3cccc(Br)c3)CCC2)c1. The smallest absolute Gasteiger partial charge is 0.315 e. The van der Waals surface area contributed by atoms with E-state index in [-0.39, 0.29) is 18.1 Å². The number of rotatable bonds is 7. The molecular formula is C21H22BrN3O2. The highest BCUT2D eigenvalue weighted by atomic mass is 79.9. The fourth-order valence-electron chi connectivity index (χ4n) is 3.34. The molecule has 0 heterocycles. The third-order valence-electron chi connectivity index (χ3n) is 4.99. The molecule has 0 saturated heterocycles. The van der Waals surface area contributed by atoms with E-state index < -0.39 is 0 Å². The number of carbonyl (C=O) groups excluding carboxylic acids is 1. The van der Waals surface area contributed by atoms with Crippen molar-refractivity contribution in [2.24, 2.45) is 0 Å². The minimum Gasteiger partial charge on any atom is -0.479 e. The van der Waals surface area contributed by atoms with Crippen molar-refractivity contribution < 1.29 is 9.53 Å². The van der Waals surface area contributed by atoms with Gasteiger partial charge in [-0.05, 0) is 48.2 Å². The summed E-state index contributed by atoms with van der Waals surface area (Å²) < 4.78 is 6.35. The van der Waals surface area contributed by atoms with Crippen LogP contribution in [-0.2, 0) is 12.0 Å². The fourth-order valence-corrected chi connectivity index (χ4v) is 3.74. The molecule has 3 rings (SSSR count). The van der Waals surface area contributed by atoms with Crippen LogP contribution < -0.4 is 15.4 Å². The molecule has 0 atom stereocenters. The number of carbonyl (C=O) groups is 1. The normalized spacial score (nSPS) is 14.5. The van der Waals surface area contributed by atoms with E-state index in [1.54, 1.807) is 6.07 Å². The van der Waals surface area contributed by atoms with Crippen molar-refractivity contribution in [3.05, 3.63) is 64.1 Å². The van der Waals surface area contributed by atoms with Gasteiger partial charge < -0.3 is 15.4 Å². The van der Waals surface area contributed by atoms with Crippen molar-refractivity contribution in [3.8, 4) is 11.8 Å². The van der Waals surface area contributed by atoms with Crippen LogP contribution in [0.4, 0.5) is 4.79 Å². The summed E-state index contributed by atoms with van der Waals surface area (Å²) in [5.74, 6) is 0.624. The lowest BCUT2D eigenvalue weighted by molar-refractivity contribution is 0.214. The highest BCUT2D eigenvalue weighted by molar-refractivity contribution is 9.10. The molecule has 2 N–H and O–H groups in total. The van der Waals surface area contributed by atoms with Crippen LogP contribution in [0.3, 0.4) is 0 Å². The van der Waals surface area contributed by atoms with E-state index in [4.69, 9.17) is 10.00 Å². The Labute approximate surface area is 167 Å². The molecule has 2 aromatic rings. The van der Waals surface area contributed by atoms with E-state index >= 15 is 0 Å². The Morgan fingerprint density at radius 2 is 2.00 bits per heavy atom. The van der Waals surface area contributed by atoms with Crippen LogP contribution in [0.5, 0.6) is 5.75 Å². The largest absolute Gasteiger partial charge is 0.479 e. The topological polar surface area (TPSA) is 74.1 Å². The van der Waals surface area contributed by atoms with Crippen LogP contribution in [-0.4, -0.2) is 19.2 Å². The molecule has 0 aromatic heterocycles. The van der Waals surface area contributed by atoms with E-state index in [0.29, 0.717) is 18.8 Å². The van der Waals surface area contributed by atoms with Crippen LogP contribution in [0.25, 0.3) is 0 Å². The number of hydrogen-bond acceptors (Lipinski definition) is 3. The first kappa shape index (κ1) is 19.2. The van der Waals surface area contributed by atoms with Crippen LogP contribution >= 0.6 is 15.9 Å². The molecular weight excluding hydrogens is 406 g/mol. The van der Waals surface area contributed by atoms with E-state index in [1.165, 1.54) is 12.0 Å². The Bertz CT molecular complexity index is 843. The van der Waals surface area contributed by atoms with Crippen molar-refractivity contribution in [3.63, 3.8) is 0 Å². The minimum absolute atomic E-state index is 0.00898. The number of nitrogens with one attached hydrogen (secondary N) is 2. The molecule has 1 aliphatic rings. The van der Waals surface area contributed by atoms with E-state index in [1.807, 2.05) is 36.4 Å². The van der Waals surface area contributed by atoms with Gasteiger partial charge in [0.2, 0.25) is 0 Å². The van der Waals surface area contributed by atoms with Crippen molar-refractivity contribution in [2.75, 3.05) is 13.2 Å². The van der Waals surface area contributed by atoms with Crippen molar-refractivity contribution in [1.82, 2.24) is 10.6 Å². The molecule has 5 nitrogen and oxygen atoms in total. The Balaban J connectivity index is 1.52. The molecule has 0 bridgehead atoms. The van der Waals surface area contributed by atoms with Crippen LogP contribution in [0.2, 0.25) is 0 Å². The molecule has 0 unspecified atom stereocenters. The van der Waals surface area contributed by atoms with Gasteiger partial charge >= 0.3 is 6.03 Å². The van der Waals surface area contributed by atoms with E-state index in [9.17, 15) is 4.79 Å². The average molecular weight is 428 g/mol. The summed E-state index contributed by atoms with van der Waals surface area (Å²) in [5, 5.41) is 14.5. The lowest BCUT2D eigenvalue weighted by atomic mass is 9.64. The van der Waals surface area contributed by atoms with Gasteiger partial charge in [0.15, 0.2) is 6.61 Å². The summed E-state index contributed by atoms with van der Waals surface area (Å²) in [7, 11) is 0. The van der Waals surface area contributed by atoms with Gasteiger partial charge in [-0.1, -0.05) is 46.6 Å². The molecule has 2 aromatic carbocycles. The second kappa shape index (κ2) is 8.92. The third kappa shape index (κ3) is 5.01. The summed E-state index contributed by atoms with van der Waals surface area (Å²) in [6.45, 7) is 1.04. The zero-order valence-corrected chi connectivity index (χ0v) is 16.6. The molecule has 0 spiro atoms. The number of benzene rings is 2. The van der Waals surface area contributed by atoms with Gasteiger partial charge in [-0.2, -0.15) is 5.26 Å². The second-order valence-electron chi connectivity index (χ2n) is 6.77. The quantitative estimate of drug-likeness (QED) is 0.692.